The lowest BCUT2D eigenvalue weighted by molar-refractivity contribution is -0.733. The van der Waals surface area contributed by atoms with E-state index in [1.807, 2.05) is 12.1 Å². The van der Waals surface area contributed by atoms with Crippen LogP contribution in [0.2, 0.25) is 10.0 Å². The smallest absolute Gasteiger partial charge is 0.158 e. The Bertz CT molecular complexity index is 600. The van der Waals surface area contributed by atoms with E-state index >= 15 is 0 Å². The van der Waals surface area contributed by atoms with E-state index < -0.39 is 0 Å². The first-order chi connectivity index (χ1) is 10.6. The second-order valence-corrected chi connectivity index (χ2v) is 6.18. The summed E-state index contributed by atoms with van der Waals surface area (Å²) in [5, 5.41) is 14.7. The van der Waals surface area contributed by atoms with Gasteiger partial charge in [-0.2, -0.15) is 0 Å². The minimum atomic E-state index is -0.255. The normalized spacial score (nSPS) is 12.5. The molecule has 120 valence electrons. The van der Waals surface area contributed by atoms with Crippen LogP contribution in [0.3, 0.4) is 0 Å². The van der Waals surface area contributed by atoms with Crippen LogP contribution >= 0.6 is 23.2 Å². The van der Waals surface area contributed by atoms with Crippen molar-refractivity contribution in [2.45, 2.75) is 19.6 Å². The molecule has 2 aromatic rings. The van der Waals surface area contributed by atoms with Gasteiger partial charge in [-0.05, 0) is 37.3 Å². The molecule has 0 unspecified atom stereocenters. The minimum Gasteiger partial charge on any atom is -0.455 e. The lowest BCUT2D eigenvalue weighted by atomic mass is 10.2. The number of aliphatic hydroxyl groups is 1. The van der Waals surface area contributed by atoms with Crippen molar-refractivity contribution >= 4 is 23.2 Å². The number of quaternary nitrogens is 2. The molecule has 2 rings (SSSR count). The van der Waals surface area contributed by atoms with Gasteiger partial charge in [0.05, 0.1) is 11.1 Å². The van der Waals surface area contributed by atoms with Crippen molar-refractivity contribution in [3.8, 4) is 11.3 Å². The van der Waals surface area contributed by atoms with Gasteiger partial charge in [0.1, 0.15) is 31.9 Å². The summed E-state index contributed by atoms with van der Waals surface area (Å²) >= 11 is 12.2. The van der Waals surface area contributed by atoms with E-state index in [4.69, 9.17) is 32.7 Å². The van der Waals surface area contributed by atoms with E-state index in [1.54, 1.807) is 25.1 Å². The van der Waals surface area contributed by atoms with E-state index in [9.17, 15) is 0 Å². The number of hydrogen-bond acceptors (Lipinski definition) is 2. The van der Waals surface area contributed by atoms with Gasteiger partial charge in [0.25, 0.3) is 0 Å². The van der Waals surface area contributed by atoms with Crippen LogP contribution in [0.1, 0.15) is 12.7 Å². The Morgan fingerprint density at radius 3 is 2.68 bits per heavy atom. The lowest BCUT2D eigenvalue weighted by Crippen LogP contribution is -2.95. The first-order valence-electron chi connectivity index (χ1n) is 7.42. The Labute approximate surface area is 140 Å². The van der Waals surface area contributed by atoms with Crippen molar-refractivity contribution in [1.82, 2.24) is 0 Å². The summed E-state index contributed by atoms with van der Waals surface area (Å²) in [7, 11) is 0. The van der Waals surface area contributed by atoms with E-state index in [2.05, 4.69) is 10.6 Å². The van der Waals surface area contributed by atoms with Crippen molar-refractivity contribution in [2.24, 2.45) is 0 Å². The maximum atomic E-state index is 9.16. The molecule has 4 nitrogen and oxygen atoms in total. The summed E-state index contributed by atoms with van der Waals surface area (Å²) in [6.07, 6.45) is -0.255. The van der Waals surface area contributed by atoms with Crippen molar-refractivity contribution in [3.05, 3.63) is 46.1 Å². The molecule has 1 aromatic carbocycles. The summed E-state index contributed by atoms with van der Waals surface area (Å²) in [4.78, 5) is 0. The predicted molar refractivity (Wildman–Crippen MR) is 88.0 cm³/mol. The van der Waals surface area contributed by atoms with Gasteiger partial charge in [-0.3, -0.25) is 0 Å². The molecule has 1 heterocycles. The largest absolute Gasteiger partial charge is 0.455 e. The number of halogens is 2. The predicted octanol–water partition coefficient (Wildman–Crippen LogP) is 1.26. The molecular formula is C16H22Cl2N2O2+2. The van der Waals surface area contributed by atoms with Crippen molar-refractivity contribution < 1.29 is 20.2 Å². The molecule has 0 bridgehead atoms. The molecule has 0 aliphatic rings. The van der Waals surface area contributed by atoms with Crippen molar-refractivity contribution in [1.29, 1.82) is 0 Å². The molecule has 1 aromatic heterocycles. The first-order valence-corrected chi connectivity index (χ1v) is 8.17. The number of nitrogens with two attached hydrogens (primary N) is 2. The molecule has 6 heteroatoms. The third-order valence-electron chi connectivity index (χ3n) is 3.28. The Hall–Kier alpha value is -1.04. The van der Waals surface area contributed by atoms with Gasteiger partial charge in [0.15, 0.2) is 5.76 Å². The number of rotatable bonds is 8. The quantitative estimate of drug-likeness (QED) is 0.631. The topological polar surface area (TPSA) is 66.6 Å². The number of furan rings is 1. The van der Waals surface area contributed by atoms with Crippen LogP contribution in [0.25, 0.3) is 11.3 Å². The zero-order chi connectivity index (χ0) is 15.9. The Balaban J connectivity index is 1.83. The van der Waals surface area contributed by atoms with Gasteiger partial charge in [0, 0.05) is 10.6 Å². The Kier molecular flexibility index (Phi) is 6.73. The second kappa shape index (κ2) is 8.56. The van der Waals surface area contributed by atoms with Gasteiger partial charge in [0.2, 0.25) is 0 Å². The van der Waals surface area contributed by atoms with Crippen molar-refractivity contribution in [2.75, 3.05) is 19.6 Å². The summed E-state index contributed by atoms with van der Waals surface area (Å²) in [6.45, 7) is 5.26. The van der Waals surface area contributed by atoms with Crippen LogP contribution in [0.15, 0.2) is 34.7 Å². The van der Waals surface area contributed by atoms with Gasteiger partial charge in [-0.1, -0.05) is 23.2 Å². The molecule has 22 heavy (non-hydrogen) atoms. The van der Waals surface area contributed by atoms with Gasteiger partial charge in [-0.15, -0.1) is 0 Å². The molecule has 0 spiro atoms. The molecule has 0 aliphatic carbocycles. The summed E-state index contributed by atoms with van der Waals surface area (Å²) < 4.78 is 5.83. The highest BCUT2D eigenvalue weighted by Crippen LogP contribution is 2.31. The zero-order valence-electron chi connectivity index (χ0n) is 12.6. The molecular weight excluding hydrogens is 323 g/mol. The fourth-order valence-corrected chi connectivity index (χ4v) is 2.54. The van der Waals surface area contributed by atoms with Crippen LogP contribution in [0.4, 0.5) is 0 Å². The van der Waals surface area contributed by atoms with Crippen LogP contribution in [-0.2, 0) is 6.54 Å². The maximum absolute atomic E-state index is 9.16. The van der Waals surface area contributed by atoms with E-state index in [0.717, 1.165) is 43.3 Å². The number of hydrogen-bond donors (Lipinski definition) is 3. The first kappa shape index (κ1) is 17.3. The average Bonchev–Trinajstić information content (AvgIpc) is 2.93. The fraction of sp³-hybridized carbons (Fsp3) is 0.375. The van der Waals surface area contributed by atoms with E-state index in [1.165, 1.54) is 0 Å². The highest BCUT2D eigenvalue weighted by Gasteiger charge is 2.10. The highest BCUT2D eigenvalue weighted by molar-refractivity contribution is 6.35. The third kappa shape index (κ3) is 5.30. The van der Waals surface area contributed by atoms with Crippen molar-refractivity contribution in [3.63, 3.8) is 0 Å². The standard InChI is InChI=1S/C16H20Cl2N2O2/c1-11(21)9-19-6-7-20-10-13-3-5-16(22-13)14-8-12(17)2-4-15(14)18/h2-5,8,11,19-21H,6-7,9-10H2,1H3/p+2/t11-/m1/s1. The van der Waals surface area contributed by atoms with Crippen LogP contribution in [0.5, 0.6) is 0 Å². The molecule has 1 atom stereocenters. The maximum Gasteiger partial charge on any atom is 0.158 e. The second-order valence-electron chi connectivity index (χ2n) is 5.33. The SMILES string of the molecule is C[C@@H](O)C[NH2+]CC[NH2+]Cc1ccc(-c2cc(Cl)ccc2Cl)o1. The number of benzene rings is 1. The van der Waals surface area contributed by atoms with E-state index in [0.29, 0.717) is 10.0 Å². The molecule has 5 N–H and O–H groups in total. The van der Waals surface area contributed by atoms with Gasteiger partial charge in [-0.25, -0.2) is 0 Å². The summed E-state index contributed by atoms with van der Waals surface area (Å²) in [5.41, 5.74) is 0.811. The summed E-state index contributed by atoms with van der Waals surface area (Å²) in [5.74, 6) is 1.64. The zero-order valence-corrected chi connectivity index (χ0v) is 14.1. The molecule has 0 saturated heterocycles. The van der Waals surface area contributed by atoms with Crippen LogP contribution in [0, 0.1) is 0 Å². The number of aliphatic hydroxyl groups excluding tert-OH is 1. The monoisotopic (exact) mass is 344 g/mol. The minimum absolute atomic E-state index is 0.255. The van der Waals surface area contributed by atoms with Crippen LogP contribution < -0.4 is 10.6 Å². The molecule has 0 fully saturated rings. The lowest BCUT2D eigenvalue weighted by Gasteiger charge is -2.03. The molecule has 0 saturated carbocycles. The average molecular weight is 345 g/mol. The van der Waals surface area contributed by atoms with Gasteiger partial charge < -0.3 is 20.2 Å². The Morgan fingerprint density at radius 2 is 1.91 bits per heavy atom. The molecule has 0 amide bonds. The molecule has 0 radical (unpaired) electrons. The van der Waals surface area contributed by atoms with Gasteiger partial charge >= 0.3 is 0 Å². The van der Waals surface area contributed by atoms with E-state index in [-0.39, 0.29) is 6.10 Å². The third-order valence-corrected chi connectivity index (χ3v) is 3.85. The fourth-order valence-electron chi connectivity index (χ4n) is 2.16. The molecule has 0 aliphatic heterocycles. The Morgan fingerprint density at radius 1 is 1.14 bits per heavy atom. The van der Waals surface area contributed by atoms with Crippen LogP contribution in [-0.4, -0.2) is 30.8 Å². The summed E-state index contributed by atoms with van der Waals surface area (Å²) in [6, 6.07) is 9.21. The highest BCUT2D eigenvalue weighted by atomic mass is 35.5.